The molecule has 0 aliphatic carbocycles. The molecule has 8 nitrogen and oxygen atoms in total. The number of piperidine rings is 1. The third kappa shape index (κ3) is 5.44. The van der Waals surface area contributed by atoms with Gasteiger partial charge in [0.05, 0.1) is 5.92 Å². The number of likely N-dealkylation sites (tertiary alicyclic amines) is 1. The maximum absolute atomic E-state index is 12.1. The van der Waals surface area contributed by atoms with E-state index in [1.54, 1.807) is 0 Å². The molecule has 1 amide bonds. The molecule has 0 bridgehead atoms. The van der Waals surface area contributed by atoms with Crippen LogP contribution in [0.25, 0.3) is 0 Å². The van der Waals surface area contributed by atoms with Crippen molar-refractivity contribution >= 4 is 17.8 Å². The molecule has 8 heteroatoms. The zero-order valence-electron chi connectivity index (χ0n) is 12.1. The first kappa shape index (κ1) is 17.5. The van der Waals surface area contributed by atoms with E-state index in [2.05, 4.69) is 5.32 Å². The van der Waals surface area contributed by atoms with Gasteiger partial charge in [-0.3, -0.25) is 14.4 Å². The molecule has 1 heterocycles. The Morgan fingerprint density at radius 1 is 1.27 bits per heavy atom. The summed E-state index contributed by atoms with van der Waals surface area (Å²) < 4.78 is 0. The minimum Gasteiger partial charge on any atom is -0.481 e. The summed E-state index contributed by atoms with van der Waals surface area (Å²) in [5.41, 5.74) is -0.0656. The Balaban J connectivity index is 2.46. The summed E-state index contributed by atoms with van der Waals surface area (Å²) in [7, 11) is 0. The van der Waals surface area contributed by atoms with Crippen LogP contribution in [0.5, 0.6) is 0 Å². The van der Waals surface area contributed by atoms with Crippen LogP contribution in [0.15, 0.2) is 11.8 Å². The first-order valence-electron chi connectivity index (χ1n) is 7.03. The molecule has 0 saturated carbocycles. The first-order chi connectivity index (χ1) is 10.5. The maximum Gasteiger partial charge on any atom is 0.306 e. The number of amides is 1. The van der Waals surface area contributed by atoms with E-state index in [0.29, 0.717) is 38.9 Å². The first-order valence-corrected chi connectivity index (χ1v) is 7.03. The highest BCUT2D eigenvalue weighted by molar-refractivity contribution is 5.97. The van der Waals surface area contributed by atoms with Crippen molar-refractivity contribution < 1.29 is 24.6 Å². The molecule has 1 aliphatic rings. The molecule has 3 N–H and O–H groups in total. The molecule has 0 unspecified atom stereocenters. The SMILES string of the molecule is N#C/C(=C/NCCCC(=O)O)C(=O)N1CCC(C(=O)O)CC1. The molecule has 0 radical (unpaired) electrons. The Morgan fingerprint density at radius 3 is 2.41 bits per heavy atom. The standard InChI is InChI=1S/C14H19N3O5/c15-8-11(9-16-5-1-2-12(18)19)13(20)17-6-3-10(4-7-17)14(21)22/h9-10,16H,1-7H2,(H,18,19)(H,21,22)/b11-9-. The molecule has 1 rings (SSSR count). The number of carbonyl (C=O) groups is 3. The molecule has 0 aromatic carbocycles. The van der Waals surface area contributed by atoms with Crippen LogP contribution in [0.4, 0.5) is 0 Å². The van der Waals surface area contributed by atoms with E-state index in [0.717, 1.165) is 0 Å². The minimum absolute atomic E-state index is 0.0133. The Kier molecular flexibility index (Phi) is 6.89. The van der Waals surface area contributed by atoms with Crippen molar-refractivity contribution in [3.63, 3.8) is 0 Å². The number of aliphatic carboxylic acids is 2. The van der Waals surface area contributed by atoms with Crippen LogP contribution in [-0.2, 0) is 14.4 Å². The predicted octanol–water partition coefficient (Wildman–Crippen LogP) is 0.171. The van der Waals surface area contributed by atoms with Crippen molar-refractivity contribution in [3.8, 4) is 6.07 Å². The number of hydrogen-bond donors (Lipinski definition) is 3. The Labute approximate surface area is 128 Å². The molecule has 0 atom stereocenters. The highest BCUT2D eigenvalue weighted by atomic mass is 16.4. The van der Waals surface area contributed by atoms with Crippen molar-refractivity contribution in [1.82, 2.24) is 10.2 Å². The molecule has 0 spiro atoms. The fourth-order valence-corrected chi connectivity index (χ4v) is 2.16. The molecule has 1 aliphatic heterocycles. The highest BCUT2D eigenvalue weighted by Gasteiger charge is 2.28. The Bertz CT molecular complexity index is 501. The number of nitrogens with one attached hydrogen (secondary N) is 1. The van der Waals surface area contributed by atoms with Gasteiger partial charge in [-0.1, -0.05) is 0 Å². The second-order valence-corrected chi connectivity index (χ2v) is 5.03. The molecule has 22 heavy (non-hydrogen) atoms. The molecule has 120 valence electrons. The zero-order valence-corrected chi connectivity index (χ0v) is 12.1. The van der Waals surface area contributed by atoms with Crippen LogP contribution in [-0.4, -0.2) is 52.6 Å². The third-order valence-electron chi connectivity index (χ3n) is 3.44. The van der Waals surface area contributed by atoms with Crippen LogP contribution in [0.3, 0.4) is 0 Å². The zero-order chi connectivity index (χ0) is 16.5. The third-order valence-corrected chi connectivity index (χ3v) is 3.44. The van der Waals surface area contributed by atoms with Gasteiger partial charge in [-0.15, -0.1) is 0 Å². The fourth-order valence-electron chi connectivity index (χ4n) is 2.16. The van der Waals surface area contributed by atoms with Crippen molar-refractivity contribution in [2.75, 3.05) is 19.6 Å². The molecular weight excluding hydrogens is 290 g/mol. The maximum atomic E-state index is 12.1. The van der Waals surface area contributed by atoms with Gasteiger partial charge in [-0.25, -0.2) is 0 Å². The summed E-state index contributed by atoms with van der Waals surface area (Å²) >= 11 is 0. The van der Waals surface area contributed by atoms with Gasteiger partial charge in [0, 0.05) is 32.3 Å². The average Bonchev–Trinajstić information content (AvgIpc) is 2.50. The summed E-state index contributed by atoms with van der Waals surface area (Å²) in [6, 6.07) is 1.81. The van der Waals surface area contributed by atoms with Gasteiger partial charge in [0.1, 0.15) is 11.6 Å². The van der Waals surface area contributed by atoms with E-state index >= 15 is 0 Å². The van der Waals surface area contributed by atoms with E-state index in [4.69, 9.17) is 15.5 Å². The van der Waals surface area contributed by atoms with Gasteiger partial charge in [0.2, 0.25) is 0 Å². The predicted molar refractivity (Wildman–Crippen MR) is 75.5 cm³/mol. The summed E-state index contributed by atoms with van der Waals surface area (Å²) in [6.07, 6.45) is 2.45. The Hall–Kier alpha value is -2.56. The number of hydrogen-bond acceptors (Lipinski definition) is 5. The minimum atomic E-state index is -0.899. The second kappa shape index (κ2) is 8.67. The van der Waals surface area contributed by atoms with E-state index in [9.17, 15) is 14.4 Å². The summed E-state index contributed by atoms with van der Waals surface area (Å²) in [5.74, 6) is -2.63. The number of nitriles is 1. The lowest BCUT2D eigenvalue weighted by Gasteiger charge is -2.29. The fraction of sp³-hybridized carbons (Fsp3) is 0.571. The summed E-state index contributed by atoms with van der Waals surface area (Å²) in [5, 5.41) is 29.2. The smallest absolute Gasteiger partial charge is 0.306 e. The lowest BCUT2D eigenvalue weighted by Crippen LogP contribution is -2.41. The number of nitrogens with zero attached hydrogens (tertiary/aromatic N) is 2. The summed E-state index contributed by atoms with van der Waals surface area (Å²) in [4.78, 5) is 34.8. The van der Waals surface area contributed by atoms with Gasteiger partial charge in [-0.2, -0.15) is 5.26 Å². The van der Waals surface area contributed by atoms with E-state index < -0.39 is 23.8 Å². The largest absolute Gasteiger partial charge is 0.481 e. The van der Waals surface area contributed by atoms with Crippen LogP contribution in [0.2, 0.25) is 0 Å². The highest BCUT2D eigenvalue weighted by Crippen LogP contribution is 2.18. The average molecular weight is 309 g/mol. The van der Waals surface area contributed by atoms with Crippen LogP contribution in [0, 0.1) is 17.2 Å². The van der Waals surface area contributed by atoms with Crippen molar-refractivity contribution in [3.05, 3.63) is 11.8 Å². The Morgan fingerprint density at radius 2 is 1.91 bits per heavy atom. The van der Waals surface area contributed by atoms with Crippen molar-refractivity contribution in [1.29, 1.82) is 5.26 Å². The lowest BCUT2D eigenvalue weighted by molar-refractivity contribution is -0.145. The van der Waals surface area contributed by atoms with Gasteiger partial charge < -0.3 is 20.4 Å². The monoisotopic (exact) mass is 309 g/mol. The van der Waals surface area contributed by atoms with Crippen LogP contribution >= 0.6 is 0 Å². The lowest BCUT2D eigenvalue weighted by atomic mass is 9.97. The second-order valence-electron chi connectivity index (χ2n) is 5.03. The van der Waals surface area contributed by atoms with Gasteiger partial charge in [-0.05, 0) is 19.3 Å². The number of carboxylic acids is 2. The summed E-state index contributed by atoms with van der Waals surface area (Å²) in [6.45, 7) is 0.980. The van der Waals surface area contributed by atoms with Crippen LogP contribution in [0.1, 0.15) is 25.7 Å². The quantitative estimate of drug-likeness (QED) is 0.347. The van der Waals surface area contributed by atoms with Crippen molar-refractivity contribution in [2.24, 2.45) is 5.92 Å². The number of carboxylic acid groups (broad SMARTS) is 2. The number of carbonyl (C=O) groups excluding carboxylic acids is 1. The van der Waals surface area contributed by atoms with Crippen LogP contribution < -0.4 is 5.32 Å². The molecule has 0 aromatic heterocycles. The van der Waals surface area contributed by atoms with Crippen molar-refractivity contribution in [2.45, 2.75) is 25.7 Å². The van der Waals surface area contributed by atoms with E-state index in [-0.39, 0.29) is 12.0 Å². The van der Waals surface area contributed by atoms with Gasteiger partial charge in [0.15, 0.2) is 0 Å². The van der Waals surface area contributed by atoms with E-state index in [1.807, 2.05) is 6.07 Å². The topological polar surface area (TPSA) is 131 Å². The molecule has 1 fully saturated rings. The molecular formula is C14H19N3O5. The normalized spacial score (nSPS) is 16.0. The molecule has 0 aromatic rings. The van der Waals surface area contributed by atoms with Gasteiger partial charge in [0.25, 0.3) is 5.91 Å². The van der Waals surface area contributed by atoms with Gasteiger partial charge >= 0.3 is 11.9 Å². The van der Waals surface area contributed by atoms with E-state index in [1.165, 1.54) is 11.1 Å². The molecule has 1 saturated heterocycles. The number of rotatable bonds is 7.